The van der Waals surface area contributed by atoms with Gasteiger partial charge in [-0.2, -0.15) is 13.2 Å². The number of nitrogens with one attached hydrogen (secondary N) is 1. The van der Waals surface area contributed by atoms with Crippen molar-refractivity contribution in [2.24, 2.45) is 0 Å². The SMILES string of the molecule is C[C@H](NC(=O)C(=O)[O-])C(F)(F)F.[Na+]. The summed E-state index contributed by atoms with van der Waals surface area (Å²) in [4.78, 5) is 19.8. The molecule has 8 heteroatoms. The molecule has 0 saturated heterocycles. The fourth-order valence-corrected chi connectivity index (χ4v) is 0.337. The van der Waals surface area contributed by atoms with Crippen LogP contribution in [0.3, 0.4) is 0 Å². The van der Waals surface area contributed by atoms with E-state index in [1.807, 2.05) is 0 Å². The molecule has 13 heavy (non-hydrogen) atoms. The average molecular weight is 207 g/mol. The van der Waals surface area contributed by atoms with Crippen molar-refractivity contribution in [1.82, 2.24) is 5.32 Å². The Bertz CT molecular complexity index is 206. The summed E-state index contributed by atoms with van der Waals surface area (Å²) in [7, 11) is 0. The third kappa shape index (κ3) is 5.89. The molecule has 0 heterocycles. The number of amides is 1. The van der Waals surface area contributed by atoms with Gasteiger partial charge >= 0.3 is 35.7 Å². The maximum absolute atomic E-state index is 11.6. The summed E-state index contributed by atoms with van der Waals surface area (Å²) in [6.45, 7) is 0.626. The molecule has 1 atom stereocenters. The van der Waals surface area contributed by atoms with E-state index in [-0.39, 0.29) is 29.6 Å². The predicted octanol–water partition coefficient (Wildman–Crippen LogP) is -4.19. The molecule has 0 rings (SSSR count). The number of hydrogen-bond acceptors (Lipinski definition) is 3. The van der Waals surface area contributed by atoms with Crippen LogP contribution in [0.4, 0.5) is 13.2 Å². The predicted molar refractivity (Wildman–Crippen MR) is 28.7 cm³/mol. The van der Waals surface area contributed by atoms with E-state index in [0.29, 0.717) is 6.92 Å². The zero-order chi connectivity index (χ0) is 9.94. The molecule has 0 radical (unpaired) electrons. The van der Waals surface area contributed by atoms with Crippen molar-refractivity contribution < 1.29 is 57.4 Å². The molecular weight excluding hydrogens is 202 g/mol. The van der Waals surface area contributed by atoms with Gasteiger partial charge in [0.2, 0.25) is 0 Å². The molecule has 0 aliphatic heterocycles. The van der Waals surface area contributed by atoms with Crippen molar-refractivity contribution in [3.8, 4) is 0 Å². The number of hydrogen-bond donors (Lipinski definition) is 1. The van der Waals surface area contributed by atoms with Crippen LogP contribution in [0.15, 0.2) is 0 Å². The number of aliphatic carboxylic acids is 1. The van der Waals surface area contributed by atoms with Crippen LogP contribution in [-0.4, -0.2) is 24.1 Å². The van der Waals surface area contributed by atoms with Crippen molar-refractivity contribution in [2.45, 2.75) is 19.1 Å². The molecule has 0 spiro atoms. The minimum absolute atomic E-state index is 0. The average Bonchev–Trinajstić information content (AvgIpc) is 1.85. The number of carboxylic acids is 1. The van der Waals surface area contributed by atoms with Gasteiger partial charge in [-0.3, -0.25) is 4.79 Å². The van der Waals surface area contributed by atoms with E-state index in [9.17, 15) is 27.9 Å². The second kappa shape index (κ2) is 5.46. The van der Waals surface area contributed by atoms with Crippen LogP contribution in [0.1, 0.15) is 6.92 Å². The second-order valence-electron chi connectivity index (χ2n) is 2.02. The molecule has 0 aromatic carbocycles. The number of carboxylic acid groups (broad SMARTS) is 1. The number of rotatable bonds is 1. The number of alkyl halides is 3. The third-order valence-corrected chi connectivity index (χ3v) is 1.02. The van der Waals surface area contributed by atoms with E-state index >= 15 is 0 Å². The Balaban J connectivity index is 0. The summed E-state index contributed by atoms with van der Waals surface area (Å²) in [6, 6.07) is -2.19. The van der Waals surface area contributed by atoms with E-state index in [1.165, 1.54) is 5.32 Å². The monoisotopic (exact) mass is 207 g/mol. The van der Waals surface area contributed by atoms with Crippen molar-refractivity contribution in [1.29, 1.82) is 0 Å². The summed E-state index contributed by atoms with van der Waals surface area (Å²) in [5, 5.41) is 10.9. The first-order valence-electron chi connectivity index (χ1n) is 2.83. The molecule has 0 unspecified atom stereocenters. The molecule has 0 aliphatic carbocycles. The van der Waals surface area contributed by atoms with Gasteiger partial charge in [0.15, 0.2) is 0 Å². The summed E-state index contributed by atoms with van der Waals surface area (Å²) in [5.74, 6) is -3.97. The van der Waals surface area contributed by atoms with E-state index in [4.69, 9.17) is 0 Å². The molecular formula is C5H5F3NNaO3. The van der Waals surface area contributed by atoms with Crippen LogP contribution in [0.5, 0.6) is 0 Å². The van der Waals surface area contributed by atoms with Gasteiger partial charge in [-0.05, 0) is 6.92 Å². The Morgan fingerprint density at radius 2 is 1.77 bits per heavy atom. The third-order valence-electron chi connectivity index (χ3n) is 1.02. The largest absolute Gasteiger partial charge is 1.00 e. The number of carbonyl (C=O) groups is 2. The van der Waals surface area contributed by atoms with E-state index in [0.717, 1.165) is 0 Å². The van der Waals surface area contributed by atoms with Gasteiger partial charge in [-0.25, -0.2) is 0 Å². The molecule has 0 aromatic heterocycles. The van der Waals surface area contributed by atoms with Crippen LogP contribution < -0.4 is 40.0 Å². The van der Waals surface area contributed by atoms with Gasteiger partial charge in [-0.1, -0.05) is 0 Å². The molecule has 1 amide bonds. The maximum Gasteiger partial charge on any atom is 1.00 e. The minimum atomic E-state index is -4.65. The molecule has 0 bridgehead atoms. The number of halogens is 3. The van der Waals surface area contributed by atoms with E-state index in [1.54, 1.807) is 0 Å². The smallest absolute Gasteiger partial charge is 0.540 e. The molecule has 70 valence electrons. The Morgan fingerprint density at radius 1 is 1.38 bits per heavy atom. The summed E-state index contributed by atoms with van der Waals surface area (Å²) in [6.07, 6.45) is -4.65. The van der Waals surface area contributed by atoms with Gasteiger partial charge in [0.05, 0.1) is 0 Å². The quantitative estimate of drug-likeness (QED) is 0.350. The van der Waals surface area contributed by atoms with Crippen molar-refractivity contribution in [3.63, 3.8) is 0 Å². The topological polar surface area (TPSA) is 69.2 Å². The first-order chi connectivity index (χ1) is 5.25. The van der Waals surface area contributed by atoms with Gasteiger partial charge in [0.25, 0.3) is 5.91 Å². The Kier molecular flexibility index (Phi) is 6.39. The van der Waals surface area contributed by atoms with Crippen LogP contribution in [0, 0.1) is 0 Å². The van der Waals surface area contributed by atoms with E-state index < -0.39 is 24.1 Å². The maximum atomic E-state index is 11.6. The zero-order valence-electron chi connectivity index (χ0n) is 6.94. The fraction of sp³-hybridized carbons (Fsp3) is 0.600. The van der Waals surface area contributed by atoms with E-state index in [2.05, 4.69) is 0 Å². The van der Waals surface area contributed by atoms with Crippen molar-refractivity contribution in [2.75, 3.05) is 0 Å². The van der Waals surface area contributed by atoms with Crippen LogP contribution in [0.2, 0.25) is 0 Å². The first-order valence-corrected chi connectivity index (χ1v) is 2.83. The molecule has 1 N–H and O–H groups in total. The van der Waals surface area contributed by atoms with Gasteiger partial charge in [0.1, 0.15) is 12.0 Å². The molecule has 0 aliphatic rings. The summed E-state index contributed by atoms with van der Waals surface area (Å²) < 4.78 is 34.9. The standard InChI is InChI=1S/C5H6F3NO3.Na/c1-2(5(6,7)8)9-3(10)4(11)12;/h2H,1H3,(H,9,10)(H,11,12);/q;+1/p-1/t2-;/m0./s1. The molecule has 0 fully saturated rings. The van der Waals surface area contributed by atoms with Crippen molar-refractivity contribution >= 4 is 11.9 Å². The van der Waals surface area contributed by atoms with Gasteiger partial charge in [-0.15, -0.1) is 0 Å². The Hall–Kier alpha value is -0.270. The Labute approximate surface area is 93.8 Å². The van der Waals surface area contributed by atoms with Gasteiger partial charge in [0, 0.05) is 0 Å². The normalized spacial score (nSPS) is 12.6. The van der Waals surface area contributed by atoms with Crippen molar-refractivity contribution in [3.05, 3.63) is 0 Å². The molecule has 0 saturated carbocycles. The minimum Gasteiger partial charge on any atom is -0.540 e. The van der Waals surface area contributed by atoms with Crippen LogP contribution >= 0.6 is 0 Å². The second-order valence-corrected chi connectivity index (χ2v) is 2.02. The summed E-state index contributed by atoms with van der Waals surface area (Å²) in [5.41, 5.74) is 0. The van der Waals surface area contributed by atoms with Crippen LogP contribution in [0.25, 0.3) is 0 Å². The van der Waals surface area contributed by atoms with Crippen LogP contribution in [-0.2, 0) is 9.59 Å². The van der Waals surface area contributed by atoms with Gasteiger partial charge < -0.3 is 15.2 Å². The Morgan fingerprint density at radius 3 is 2.00 bits per heavy atom. The first kappa shape index (κ1) is 15.2. The zero-order valence-corrected chi connectivity index (χ0v) is 8.94. The molecule has 0 aromatic rings. The summed E-state index contributed by atoms with van der Waals surface area (Å²) >= 11 is 0. The molecule has 4 nitrogen and oxygen atoms in total. The number of carbonyl (C=O) groups excluding carboxylic acids is 2. The fourth-order valence-electron chi connectivity index (χ4n) is 0.337.